The first-order chi connectivity index (χ1) is 26.6. The van der Waals surface area contributed by atoms with Gasteiger partial charge in [0.25, 0.3) is 0 Å². The summed E-state index contributed by atoms with van der Waals surface area (Å²) >= 11 is 3.48. The van der Waals surface area contributed by atoms with Crippen molar-refractivity contribution < 1.29 is 9.85 Å². The number of aromatic nitrogens is 2. The van der Waals surface area contributed by atoms with E-state index < -0.39 is 21.2 Å². The number of rotatable bonds is 10. The van der Waals surface area contributed by atoms with E-state index in [1.807, 2.05) is 137 Å². The van der Waals surface area contributed by atoms with Gasteiger partial charge in [0.05, 0.1) is 21.6 Å². The fourth-order valence-corrected chi connectivity index (χ4v) is 9.30. The molecule has 0 aliphatic heterocycles. The van der Waals surface area contributed by atoms with E-state index in [2.05, 4.69) is 18.5 Å². The molecule has 10 nitrogen and oxygen atoms in total. The maximum Gasteiger partial charge on any atom is 0.357 e. The van der Waals surface area contributed by atoms with Gasteiger partial charge >= 0.3 is 11.4 Å². The number of anilines is 6. The van der Waals surface area contributed by atoms with Crippen LogP contribution in [0, 0.1) is 47.9 Å². The summed E-state index contributed by atoms with van der Waals surface area (Å²) in [7, 11) is 0. The molecule has 0 atom stereocenters. The minimum absolute atomic E-state index is 0.0749. The van der Waals surface area contributed by atoms with Crippen LogP contribution in [0.4, 0.5) is 44.1 Å². The molecule has 8 aromatic rings. The number of aryl methyl sites for hydroxylation is 4. The van der Waals surface area contributed by atoms with Crippen LogP contribution in [0.5, 0.6) is 0 Å². The summed E-state index contributed by atoms with van der Waals surface area (Å²) < 4.78 is 9.12. The number of nitrogens with zero attached hydrogens (tertiary/aromatic N) is 6. The third-order valence-corrected chi connectivity index (χ3v) is 12.0. The average Bonchev–Trinajstić information content (AvgIpc) is 3.96. The number of benzene rings is 5. The Hall–Kier alpha value is -6.28. The van der Waals surface area contributed by atoms with E-state index in [0.29, 0.717) is 9.75 Å². The van der Waals surface area contributed by atoms with Crippen LogP contribution in [-0.2, 0) is 0 Å². The van der Waals surface area contributed by atoms with Crippen LogP contribution in [0.3, 0.4) is 0 Å². The quantitative estimate of drug-likeness (QED) is 0.0994. The monoisotopic (exact) mass is 780 g/mol. The maximum atomic E-state index is 13.1. The minimum atomic E-state index is -0.660. The number of thiophene rings is 2. The van der Waals surface area contributed by atoms with E-state index >= 15 is 0 Å². The van der Waals surface area contributed by atoms with E-state index in [-0.39, 0.29) is 22.2 Å². The Morgan fingerprint density at radius 3 is 1.02 bits per heavy atom. The largest absolute Gasteiger partial charge is 0.357 e. The molecule has 55 heavy (non-hydrogen) atoms. The van der Waals surface area contributed by atoms with Crippen LogP contribution in [0.1, 0.15) is 22.3 Å². The smallest absolute Gasteiger partial charge is 0.302 e. The highest BCUT2D eigenvalue weighted by Gasteiger charge is 2.40. The SMILES string of the molecule is Cc1ccc(N(c2ccc(C)cc2)c2ccc(-c3c([N+](=O)[O-])c([N+](=O)[O-])c(-c4ccc(N(c5ccc(C)cc5)c5ccc(C)cc5)s4)c4nsnc34)s2)cc1. The normalized spacial score (nSPS) is 11.2. The van der Waals surface area contributed by atoms with E-state index in [1.54, 1.807) is 12.1 Å². The Labute approximate surface area is 328 Å². The number of nitro benzene ring substituents is 2. The molecule has 13 heteroatoms. The Morgan fingerprint density at radius 2 is 0.745 bits per heavy atom. The predicted octanol–water partition coefficient (Wildman–Crippen LogP) is 13.1. The zero-order chi connectivity index (χ0) is 38.4. The Balaban J connectivity index is 1.30. The van der Waals surface area contributed by atoms with E-state index in [1.165, 1.54) is 22.7 Å². The molecule has 0 radical (unpaired) electrons. The first-order valence-corrected chi connectivity index (χ1v) is 19.6. The molecule has 0 fully saturated rings. The van der Waals surface area contributed by atoms with E-state index in [9.17, 15) is 20.2 Å². The second-order valence-corrected chi connectivity index (χ2v) is 15.9. The molecular formula is C42H32N6O4S3. The number of fused-ring (bicyclic) bond motifs is 1. The number of hydrogen-bond acceptors (Lipinski definition) is 11. The molecule has 0 bridgehead atoms. The second-order valence-electron chi connectivity index (χ2n) is 13.2. The summed E-state index contributed by atoms with van der Waals surface area (Å²) in [5.74, 6) is 0. The summed E-state index contributed by atoms with van der Waals surface area (Å²) in [6.07, 6.45) is 0. The number of hydrogen-bond donors (Lipinski definition) is 0. The molecule has 8 rings (SSSR count). The lowest BCUT2D eigenvalue weighted by Gasteiger charge is -2.24. The number of nitro groups is 2. The molecule has 0 spiro atoms. The van der Waals surface area contributed by atoms with Gasteiger partial charge in [-0.2, -0.15) is 8.75 Å². The summed E-state index contributed by atoms with van der Waals surface area (Å²) in [6.45, 7) is 8.08. The molecule has 3 aromatic heterocycles. The molecule has 0 saturated carbocycles. The van der Waals surface area contributed by atoms with Gasteiger partial charge in [-0.25, -0.2) is 0 Å². The molecule has 272 valence electrons. The topological polar surface area (TPSA) is 119 Å². The maximum absolute atomic E-state index is 13.1. The van der Waals surface area contributed by atoms with Crippen molar-refractivity contribution in [1.29, 1.82) is 0 Å². The highest BCUT2D eigenvalue weighted by atomic mass is 32.1. The van der Waals surface area contributed by atoms with Gasteiger partial charge in [0, 0.05) is 32.5 Å². The van der Waals surface area contributed by atoms with Crippen LogP contribution < -0.4 is 9.80 Å². The van der Waals surface area contributed by atoms with E-state index in [0.717, 1.165) is 66.7 Å². The van der Waals surface area contributed by atoms with Gasteiger partial charge < -0.3 is 9.80 Å². The van der Waals surface area contributed by atoms with Crippen LogP contribution in [-0.4, -0.2) is 18.6 Å². The molecule has 0 amide bonds. The van der Waals surface area contributed by atoms with Crippen molar-refractivity contribution in [3.05, 3.63) is 164 Å². The summed E-state index contributed by atoms with van der Waals surface area (Å²) in [6, 6.07) is 39.7. The summed E-state index contributed by atoms with van der Waals surface area (Å²) in [5.41, 5.74) is 7.44. The van der Waals surface area contributed by atoms with Gasteiger partial charge in [0.15, 0.2) is 0 Å². The van der Waals surface area contributed by atoms with Crippen LogP contribution in [0.25, 0.3) is 31.9 Å². The third-order valence-electron chi connectivity index (χ3n) is 9.31. The van der Waals surface area contributed by atoms with Crippen LogP contribution in [0.2, 0.25) is 0 Å². The van der Waals surface area contributed by atoms with Crippen molar-refractivity contribution >= 4 is 89.6 Å². The predicted molar refractivity (Wildman–Crippen MR) is 226 cm³/mol. The van der Waals surface area contributed by atoms with Crippen molar-refractivity contribution in [3.8, 4) is 20.9 Å². The molecule has 0 saturated heterocycles. The highest BCUT2D eigenvalue weighted by molar-refractivity contribution is 7.20. The lowest BCUT2D eigenvalue weighted by atomic mass is 10.0. The van der Waals surface area contributed by atoms with Gasteiger partial charge in [-0.05, 0) is 100 Å². The molecule has 0 N–H and O–H groups in total. The van der Waals surface area contributed by atoms with Gasteiger partial charge in [-0.15, -0.1) is 22.7 Å². The lowest BCUT2D eigenvalue weighted by molar-refractivity contribution is -0.421. The average molecular weight is 781 g/mol. The molecule has 0 aliphatic rings. The lowest BCUT2D eigenvalue weighted by Crippen LogP contribution is -2.08. The molecule has 3 heterocycles. The van der Waals surface area contributed by atoms with E-state index in [4.69, 9.17) is 0 Å². The standard InChI is InChI=1S/C42H32N6O4S3/c1-25-5-13-29(14-6-25)45(30-15-7-26(2)8-16-30)35-23-21-33(53-35)37-39-40(44-55-43-39)38(42(48(51)52)41(37)47(49)50)34-22-24-36(54-34)46(31-17-9-27(3)10-18-31)32-19-11-28(4)12-20-32/h5-24H,1-4H3. The molecule has 0 aliphatic carbocycles. The fraction of sp³-hybridized carbons (Fsp3) is 0.0952. The Kier molecular flexibility index (Phi) is 9.43. The van der Waals surface area contributed by atoms with Gasteiger partial charge in [0.1, 0.15) is 32.2 Å². The van der Waals surface area contributed by atoms with Crippen LogP contribution >= 0.6 is 34.4 Å². The third kappa shape index (κ3) is 6.73. The fourth-order valence-electron chi connectivity index (χ4n) is 6.55. The summed E-state index contributed by atoms with van der Waals surface area (Å²) in [4.78, 5) is 30.0. The van der Waals surface area contributed by atoms with Gasteiger partial charge in [-0.1, -0.05) is 70.8 Å². The summed E-state index contributed by atoms with van der Waals surface area (Å²) in [5, 5.41) is 27.7. The minimum Gasteiger partial charge on any atom is -0.302 e. The van der Waals surface area contributed by atoms with Crippen molar-refractivity contribution in [2.24, 2.45) is 0 Å². The van der Waals surface area contributed by atoms with Crippen molar-refractivity contribution in [2.75, 3.05) is 9.80 Å². The zero-order valence-corrected chi connectivity index (χ0v) is 32.5. The van der Waals surface area contributed by atoms with Gasteiger partial charge in [-0.3, -0.25) is 20.2 Å². The second kappa shape index (κ2) is 14.5. The molecular weight excluding hydrogens is 749 g/mol. The zero-order valence-electron chi connectivity index (χ0n) is 30.1. The first kappa shape index (κ1) is 35.7. The van der Waals surface area contributed by atoms with Crippen LogP contribution in [0.15, 0.2) is 121 Å². The Morgan fingerprint density at radius 1 is 0.455 bits per heavy atom. The molecule has 5 aromatic carbocycles. The van der Waals surface area contributed by atoms with Gasteiger partial charge in [0.2, 0.25) is 0 Å². The van der Waals surface area contributed by atoms with Crippen molar-refractivity contribution in [3.63, 3.8) is 0 Å². The van der Waals surface area contributed by atoms with Crippen molar-refractivity contribution in [2.45, 2.75) is 27.7 Å². The Bertz CT molecular complexity index is 2430. The highest BCUT2D eigenvalue weighted by Crippen LogP contribution is 2.54. The first-order valence-electron chi connectivity index (χ1n) is 17.3. The molecule has 0 unspecified atom stereocenters. The van der Waals surface area contributed by atoms with Crippen molar-refractivity contribution in [1.82, 2.24) is 8.75 Å².